The molecular formula is C25H25FN4O2. The van der Waals surface area contributed by atoms with Crippen LogP contribution in [0.5, 0.6) is 5.75 Å². The van der Waals surface area contributed by atoms with Crippen LogP contribution in [0.4, 0.5) is 15.9 Å². The first-order valence-corrected chi connectivity index (χ1v) is 10.8. The molecule has 3 N–H and O–H groups in total. The Hall–Kier alpha value is -3.61. The number of carbonyl (C=O) groups excluding carboxylic acids is 1. The molecule has 32 heavy (non-hydrogen) atoms. The van der Waals surface area contributed by atoms with Gasteiger partial charge in [0.15, 0.2) is 6.10 Å². The Labute approximate surface area is 186 Å². The Morgan fingerprint density at radius 1 is 1.16 bits per heavy atom. The molecule has 3 heterocycles. The quantitative estimate of drug-likeness (QED) is 0.660. The lowest BCUT2D eigenvalue weighted by molar-refractivity contribution is -0.130. The normalized spacial score (nSPS) is 18.8. The molecule has 0 bridgehead atoms. The van der Waals surface area contributed by atoms with Crippen molar-refractivity contribution < 1.29 is 13.9 Å². The molecular weight excluding hydrogens is 407 g/mol. The third-order valence-electron chi connectivity index (χ3n) is 6.54. The van der Waals surface area contributed by atoms with E-state index in [1.165, 1.54) is 12.1 Å². The molecule has 2 aromatic carbocycles. The monoisotopic (exact) mass is 432 g/mol. The topological polar surface area (TPSA) is 80.5 Å². The van der Waals surface area contributed by atoms with Gasteiger partial charge >= 0.3 is 0 Å². The van der Waals surface area contributed by atoms with Crippen molar-refractivity contribution in [3.63, 3.8) is 0 Å². The second-order valence-corrected chi connectivity index (χ2v) is 8.43. The summed E-state index contributed by atoms with van der Waals surface area (Å²) in [4.78, 5) is 19.9. The van der Waals surface area contributed by atoms with E-state index in [1.807, 2.05) is 24.3 Å². The smallest absolute Gasteiger partial charge is 0.262 e. The van der Waals surface area contributed by atoms with E-state index < -0.39 is 11.5 Å². The third-order valence-corrected chi connectivity index (χ3v) is 6.54. The number of piperidine rings is 1. The lowest BCUT2D eigenvalue weighted by Gasteiger charge is -2.42. The van der Waals surface area contributed by atoms with E-state index in [9.17, 15) is 9.18 Å². The Bertz CT molecular complexity index is 1130. The van der Waals surface area contributed by atoms with Crippen molar-refractivity contribution >= 4 is 17.4 Å². The van der Waals surface area contributed by atoms with Crippen LogP contribution in [-0.4, -0.2) is 30.1 Å². The molecule has 0 unspecified atom stereocenters. The first kappa shape index (κ1) is 20.3. The van der Waals surface area contributed by atoms with E-state index in [2.05, 4.69) is 21.3 Å². The minimum atomic E-state index is -0.615. The predicted molar refractivity (Wildman–Crippen MR) is 121 cm³/mol. The highest BCUT2D eigenvalue weighted by atomic mass is 19.1. The number of nitrogen functional groups attached to an aromatic ring is 1. The zero-order valence-electron chi connectivity index (χ0n) is 17.6. The number of nitrogens with zero attached hydrogens (tertiary/aromatic N) is 2. The highest BCUT2D eigenvalue weighted by molar-refractivity contribution is 5.85. The maximum atomic E-state index is 13.3. The molecule has 164 valence electrons. The van der Waals surface area contributed by atoms with Crippen molar-refractivity contribution in [2.75, 3.05) is 23.7 Å². The second-order valence-electron chi connectivity index (χ2n) is 8.43. The van der Waals surface area contributed by atoms with Gasteiger partial charge in [0, 0.05) is 48.6 Å². The Morgan fingerprint density at radius 2 is 1.91 bits per heavy atom. The third kappa shape index (κ3) is 3.64. The van der Waals surface area contributed by atoms with Crippen LogP contribution in [0, 0.1) is 5.82 Å². The fourth-order valence-electron chi connectivity index (χ4n) is 4.82. The lowest BCUT2D eigenvalue weighted by atomic mass is 9.69. The molecule has 1 saturated heterocycles. The molecule has 5 rings (SSSR count). The van der Waals surface area contributed by atoms with Gasteiger partial charge in [0.25, 0.3) is 5.91 Å². The van der Waals surface area contributed by atoms with Gasteiger partial charge < -0.3 is 20.7 Å². The molecule has 1 spiro atoms. The van der Waals surface area contributed by atoms with Crippen molar-refractivity contribution in [2.45, 2.75) is 30.9 Å². The first-order valence-electron chi connectivity index (χ1n) is 10.8. The van der Waals surface area contributed by atoms with Crippen LogP contribution >= 0.6 is 0 Å². The molecule has 3 aromatic rings. The number of amides is 1. The molecule has 0 aliphatic carbocycles. The molecule has 0 saturated carbocycles. The van der Waals surface area contributed by atoms with Crippen molar-refractivity contribution in [1.29, 1.82) is 0 Å². The number of carbonyl (C=O) groups is 1. The van der Waals surface area contributed by atoms with Crippen LogP contribution in [0.1, 0.15) is 24.0 Å². The Balaban J connectivity index is 1.36. The van der Waals surface area contributed by atoms with Gasteiger partial charge in [-0.25, -0.2) is 9.37 Å². The summed E-state index contributed by atoms with van der Waals surface area (Å²) < 4.78 is 19.4. The summed E-state index contributed by atoms with van der Waals surface area (Å²) in [6.45, 7) is 1.82. The van der Waals surface area contributed by atoms with Crippen molar-refractivity contribution in [1.82, 2.24) is 10.3 Å². The zero-order chi connectivity index (χ0) is 22.1. The second kappa shape index (κ2) is 8.15. The summed E-state index contributed by atoms with van der Waals surface area (Å²) in [5.41, 5.74) is 8.14. The molecule has 1 atom stereocenters. The maximum absolute atomic E-state index is 13.3. The summed E-state index contributed by atoms with van der Waals surface area (Å²) in [6, 6.07) is 17.7. The van der Waals surface area contributed by atoms with Crippen LogP contribution in [0.2, 0.25) is 0 Å². The average Bonchev–Trinajstić information content (AvgIpc) is 3.13. The number of aromatic nitrogens is 1. The summed E-state index contributed by atoms with van der Waals surface area (Å²) in [5, 5.41) is 2.99. The fourth-order valence-corrected chi connectivity index (χ4v) is 4.82. The zero-order valence-corrected chi connectivity index (χ0v) is 17.6. The maximum Gasteiger partial charge on any atom is 0.262 e. The number of hydrogen-bond donors (Lipinski definition) is 2. The lowest BCUT2D eigenvalue weighted by Crippen LogP contribution is -2.54. The minimum Gasteiger partial charge on any atom is -0.479 e. The number of pyridine rings is 1. The Kier molecular flexibility index (Phi) is 5.17. The van der Waals surface area contributed by atoms with Crippen LogP contribution in [0.25, 0.3) is 0 Å². The minimum absolute atomic E-state index is 0.152. The number of rotatable bonds is 4. The number of nitrogens with two attached hydrogens (primary N) is 1. The summed E-state index contributed by atoms with van der Waals surface area (Å²) >= 11 is 0. The highest BCUT2D eigenvalue weighted by Gasteiger charge is 2.53. The van der Waals surface area contributed by atoms with Gasteiger partial charge in [-0.2, -0.15) is 0 Å². The van der Waals surface area contributed by atoms with E-state index in [4.69, 9.17) is 10.5 Å². The number of fused-ring (bicyclic) bond motifs is 2. The number of para-hydroxylation sites is 1. The van der Waals surface area contributed by atoms with Gasteiger partial charge in [-0.05, 0) is 42.7 Å². The van der Waals surface area contributed by atoms with E-state index in [0.29, 0.717) is 12.2 Å². The standard InChI is InChI=1S/C25H25FN4O2/c26-18-7-5-17(6-8-18)16-29-24(31)23-25(20-3-1-2-4-21(20)32-23)10-13-30(14-11-25)22-15-19(27)9-12-28-22/h1-9,12,15,23H,10-11,13-14,16H2,(H2,27,28)(H,29,31)/t23-/m0/s1. The molecule has 1 fully saturated rings. The fraction of sp³-hybridized carbons (Fsp3) is 0.280. The van der Waals surface area contributed by atoms with E-state index in [0.717, 1.165) is 48.6 Å². The summed E-state index contributed by atoms with van der Waals surface area (Å²) in [5.74, 6) is 1.17. The van der Waals surface area contributed by atoms with E-state index >= 15 is 0 Å². The van der Waals surface area contributed by atoms with E-state index in [-0.39, 0.29) is 11.7 Å². The summed E-state index contributed by atoms with van der Waals surface area (Å²) in [6.07, 6.45) is 2.62. The number of benzene rings is 2. The van der Waals surface area contributed by atoms with Gasteiger partial charge in [0.1, 0.15) is 17.4 Å². The van der Waals surface area contributed by atoms with Gasteiger partial charge in [-0.1, -0.05) is 30.3 Å². The van der Waals surface area contributed by atoms with Crippen LogP contribution in [0.3, 0.4) is 0 Å². The number of anilines is 2. The number of ether oxygens (including phenoxy) is 1. The van der Waals surface area contributed by atoms with Crippen LogP contribution < -0.4 is 20.7 Å². The molecule has 6 nitrogen and oxygen atoms in total. The van der Waals surface area contributed by atoms with Gasteiger partial charge in [0.05, 0.1) is 0 Å². The highest BCUT2D eigenvalue weighted by Crippen LogP contribution is 2.49. The molecule has 7 heteroatoms. The average molecular weight is 432 g/mol. The van der Waals surface area contributed by atoms with Crippen molar-refractivity contribution in [2.24, 2.45) is 0 Å². The van der Waals surface area contributed by atoms with Crippen molar-refractivity contribution in [3.8, 4) is 5.75 Å². The number of halogens is 1. The molecule has 2 aliphatic heterocycles. The largest absolute Gasteiger partial charge is 0.479 e. The molecule has 1 amide bonds. The predicted octanol–water partition coefficient (Wildman–Crippen LogP) is 3.42. The SMILES string of the molecule is Nc1ccnc(N2CCC3(CC2)c2ccccc2O[C@H]3C(=O)NCc2ccc(F)cc2)c1. The first-order chi connectivity index (χ1) is 15.5. The van der Waals surface area contributed by atoms with Gasteiger partial charge in [0.2, 0.25) is 0 Å². The molecule has 0 radical (unpaired) electrons. The van der Waals surface area contributed by atoms with Gasteiger partial charge in [-0.3, -0.25) is 4.79 Å². The van der Waals surface area contributed by atoms with Crippen LogP contribution in [-0.2, 0) is 16.8 Å². The van der Waals surface area contributed by atoms with Crippen LogP contribution in [0.15, 0.2) is 66.9 Å². The number of hydrogen-bond acceptors (Lipinski definition) is 5. The van der Waals surface area contributed by atoms with Crippen molar-refractivity contribution in [3.05, 3.63) is 83.8 Å². The summed E-state index contributed by atoms with van der Waals surface area (Å²) in [7, 11) is 0. The molecule has 1 aromatic heterocycles. The van der Waals surface area contributed by atoms with E-state index in [1.54, 1.807) is 24.4 Å². The molecule has 2 aliphatic rings. The Morgan fingerprint density at radius 3 is 2.66 bits per heavy atom. The van der Waals surface area contributed by atoms with Gasteiger partial charge in [-0.15, -0.1) is 0 Å². The number of nitrogens with one attached hydrogen (secondary N) is 1.